The van der Waals surface area contributed by atoms with Crippen LogP contribution in [0.15, 0.2) is 164 Å². The molecule has 0 saturated carbocycles. The Bertz CT molecular complexity index is 5240. The van der Waals surface area contributed by atoms with Crippen molar-refractivity contribution in [1.29, 1.82) is 15.8 Å². The van der Waals surface area contributed by atoms with Gasteiger partial charge in [-0.2, -0.15) is 33.2 Å². The number of hydrogen-bond donors (Lipinski definition) is 3. The number of fused-ring (bicyclic) bond motifs is 1. The summed E-state index contributed by atoms with van der Waals surface area (Å²) in [5, 5.41) is 30.4. The Hall–Kier alpha value is -10.3. The molecule has 11 aromatic rings. The van der Waals surface area contributed by atoms with Gasteiger partial charge >= 0.3 is 18.1 Å². The molecule has 0 saturated heterocycles. The number of halogens is 6. The fourth-order valence-corrected chi connectivity index (χ4v) is 15.2. The molecule has 0 aliphatic rings. The second-order valence-electron chi connectivity index (χ2n) is 26.4. The number of aromatic amines is 1. The molecule has 4 unspecified atom stereocenters. The number of H-pyrrole nitrogens is 1. The van der Waals surface area contributed by atoms with Gasteiger partial charge in [-0.3, -0.25) is 14.0 Å². The molecule has 1 amide bonds. The fraction of sp³-hybridized carbons (Fsp3) is 0.277. The number of alkyl halides is 3. The summed E-state index contributed by atoms with van der Waals surface area (Å²) in [5.41, 5.74) is 9.87. The van der Waals surface area contributed by atoms with Crippen LogP contribution in [0.1, 0.15) is 143 Å². The number of ether oxygens (including phenoxy) is 4. The largest absolute Gasteiger partial charge is 0.493 e. The van der Waals surface area contributed by atoms with Crippen molar-refractivity contribution in [1.82, 2.24) is 24.1 Å². The van der Waals surface area contributed by atoms with Crippen LogP contribution in [0, 0.1) is 68.6 Å². The first-order chi connectivity index (χ1) is 52.5. The number of esters is 2. The number of hydrogen-bond acceptors (Lipinski definition) is 16. The molecule has 7 aromatic carbocycles. The molecule has 0 bridgehead atoms. The van der Waals surface area contributed by atoms with Crippen molar-refractivity contribution in [3.8, 4) is 80.5 Å². The standard InChI is InChI=1S/C34H32ClF3N2O2.C25H26ClN3O5S2.C24H21ClN4O2S/c1-6-25(21-17-15-20(2)16-18-21)23-13-10-14-24(19-23)29-28(22-11-8-7-9-12-22)39-31-26(32(41)42-33(3,4)5)27(34(36,37)38)30(35)40(29)31;1-4-32-25(30)20(15-27)24-29-22(23(26)35-24)18-7-9-19(10-8-18)34-36(31)28-12-5-13-33-21-11-6-16(2)14-17(21)3;1-4-19(31-20-9-8-14(2)10-15(20)3)23(30)28-18-7-5-6-16(11-18)21-22(25)32-24(29-21)17(12-26)13-27/h7-19,25,39H,6H2,1-5H3;6-11,14,20,28H,4-5,12-13H2,1-3H3;5-11,17,19H,4H2,1-3H3,(H,28,30). The molecule has 110 heavy (non-hydrogen) atoms. The number of carbonyl (C=O) groups is 3. The highest BCUT2D eigenvalue weighted by atomic mass is 35.5. The average Bonchev–Trinajstić information content (AvgIpc) is 1.56. The van der Waals surface area contributed by atoms with E-state index < -0.39 is 69.2 Å². The van der Waals surface area contributed by atoms with Crippen LogP contribution in [0.25, 0.3) is 50.7 Å². The maximum atomic E-state index is 14.5. The molecule has 570 valence electrons. The number of thiazole rings is 2. The normalized spacial score (nSPS) is 12.4. The van der Waals surface area contributed by atoms with Crippen molar-refractivity contribution >= 4 is 97.9 Å². The van der Waals surface area contributed by atoms with Gasteiger partial charge in [0.2, 0.25) is 0 Å². The summed E-state index contributed by atoms with van der Waals surface area (Å²) in [6.07, 6.45) is -3.57. The molecule has 4 heterocycles. The van der Waals surface area contributed by atoms with E-state index in [9.17, 15) is 37.0 Å². The third-order valence-electron chi connectivity index (χ3n) is 16.9. The van der Waals surface area contributed by atoms with Gasteiger partial charge in [0.1, 0.15) is 74.9 Å². The van der Waals surface area contributed by atoms with Gasteiger partial charge in [-0.1, -0.05) is 175 Å². The lowest BCUT2D eigenvalue weighted by Crippen LogP contribution is -2.32. The monoisotopic (exact) mass is 1600 g/mol. The van der Waals surface area contributed by atoms with Gasteiger partial charge in [-0.05, 0) is 158 Å². The number of rotatable bonds is 25. The number of imidazole rings is 1. The molecule has 3 N–H and O–H groups in total. The maximum absolute atomic E-state index is 14.5. The molecule has 0 aliphatic heterocycles. The number of aromatic nitrogens is 4. The number of nitrogens with one attached hydrogen (secondary N) is 3. The summed E-state index contributed by atoms with van der Waals surface area (Å²) < 4.78 is 88.0. The number of amides is 1. The predicted octanol–water partition coefficient (Wildman–Crippen LogP) is 21.4. The second kappa shape index (κ2) is 37.9. The summed E-state index contributed by atoms with van der Waals surface area (Å²) >= 11 is 19.6. The number of aryl methyl sites for hydroxylation is 5. The van der Waals surface area contributed by atoms with Gasteiger partial charge in [-0.25, -0.2) is 19.5 Å². The van der Waals surface area contributed by atoms with Crippen molar-refractivity contribution in [3.05, 3.63) is 238 Å². The van der Waals surface area contributed by atoms with E-state index in [1.54, 1.807) is 76.2 Å². The zero-order chi connectivity index (χ0) is 79.7. The fourth-order valence-electron chi connectivity index (χ4n) is 11.7. The Balaban J connectivity index is 0.000000192. The quantitative estimate of drug-likeness (QED) is 0.0355. The van der Waals surface area contributed by atoms with Crippen molar-refractivity contribution < 1.29 is 54.9 Å². The van der Waals surface area contributed by atoms with Crippen molar-refractivity contribution in [3.63, 3.8) is 0 Å². The van der Waals surface area contributed by atoms with Gasteiger partial charge in [0.05, 0.1) is 42.8 Å². The van der Waals surface area contributed by atoms with Crippen molar-refractivity contribution in [2.45, 2.75) is 131 Å². The van der Waals surface area contributed by atoms with Crippen LogP contribution in [0.2, 0.25) is 13.8 Å². The van der Waals surface area contributed by atoms with Crippen molar-refractivity contribution in [2.75, 3.05) is 25.1 Å². The Morgan fingerprint density at radius 3 is 1.86 bits per heavy atom. The topological polar surface area (TPSA) is 256 Å². The van der Waals surface area contributed by atoms with Gasteiger partial charge in [0.15, 0.2) is 17.9 Å². The van der Waals surface area contributed by atoms with Gasteiger partial charge in [-0.15, -0.1) is 22.7 Å². The average molecular weight is 1610 g/mol. The summed E-state index contributed by atoms with van der Waals surface area (Å²) in [6.45, 7) is 21.6. The first kappa shape index (κ1) is 83.7. The molecule has 27 heteroatoms. The minimum atomic E-state index is -4.90. The summed E-state index contributed by atoms with van der Waals surface area (Å²) in [4.78, 5) is 50.0. The van der Waals surface area contributed by atoms with E-state index in [1.807, 2.05) is 145 Å². The van der Waals surface area contributed by atoms with Crippen LogP contribution in [-0.4, -0.2) is 72.9 Å². The van der Waals surface area contributed by atoms with Gasteiger partial charge in [0, 0.05) is 40.4 Å². The minimum absolute atomic E-state index is 0.0725. The number of nitrogens with zero attached hydrogens (tertiary/aromatic N) is 6. The molecule has 18 nitrogen and oxygen atoms in total. The molecule has 0 spiro atoms. The number of anilines is 1. The second-order valence-corrected chi connectivity index (χ2v) is 30.9. The van der Waals surface area contributed by atoms with E-state index in [2.05, 4.69) is 62.2 Å². The lowest BCUT2D eigenvalue weighted by molar-refractivity contribution is -0.143. The van der Waals surface area contributed by atoms with Crippen molar-refractivity contribution in [2.24, 2.45) is 0 Å². The van der Waals surface area contributed by atoms with Crippen LogP contribution in [0.4, 0.5) is 18.9 Å². The Labute approximate surface area is 662 Å². The third kappa shape index (κ3) is 21.2. The third-order valence-corrected chi connectivity index (χ3v) is 20.7. The molecular formula is C83H79Cl3F3N9O9S3. The van der Waals surface area contributed by atoms with Crippen LogP contribution in [0.3, 0.4) is 0 Å². The molecule has 4 atom stereocenters. The van der Waals surface area contributed by atoms with Crippen LogP contribution >= 0.6 is 57.5 Å². The number of benzene rings is 7. The molecule has 0 fully saturated rings. The van der Waals surface area contributed by atoms with Crippen LogP contribution in [0.5, 0.6) is 17.2 Å². The zero-order valence-electron chi connectivity index (χ0n) is 62.0. The predicted molar refractivity (Wildman–Crippen MR) is 427 cm³/mol. The molecule has 4 aromatic heterocycles. The first-order valence-electron chi connectivity index (χ1n) is 34.9. The Morgan fingerprint density at radius 2 is 1.26 bits per heavy atom. The Morgan fingerprint density at radius 1 is 0.664 bits per heavy atom. The molecule has 11 rings (SSSR count). The minimum Gasteiger partial charge on any atom is -0.493 e. The van der Waals surface area contributed by atoms with Gasteiger partial charge < -0.3 is 33.4 Å². The summed E-state index contributed by atoms with van der Waals surface area (Å²) in [7, 11) is 0. The lowest BCUT2D eigenvalue weighted by atomic mass is 9.87. The van der Waals surface area contributed by atoms with E-state index in [-0.39, 0.29) is 29.1 Å². The van der Waals surface area contributed by atoms with E-state index in [0.717, 1.165) is 73.8 Å². The van der Waals surface area contributed by atoms with E-state index in [1.165, 1.54) is 9.96 Å². The zero-order valence-corrected chi connectivity index (χ0v) is 66.7. The number of carbonyl (C=O) groups excluding carboxylic acids is 3. The van der Waals surface area contributed by atoms with E-state index in [4.69, 9.17) is 68.5 Å². The first-order valence-corrected chi connectivity index (χ1v) is 38.8. The summed E-state index contributed by atoms with van der Waals surface area (Å²) in [5.74, 6) is -2.15. The van der Waals surface area contributed by atoms with E-state index in [0.29, 0.717) is 96.3 Å². The van der Waals surface area contributed by atoms with E-state index >= 15 is 0 Å². The smallest absolute Gasteiger partial charge is 0.420 e. The van der Waals surface area contributed by atoms with Gasteiger partial charge in [0.25, 0.3) is 17.2 Å². The molecule has 0 aliphatic carbocycles. The summed E-state index contributed by atoms with van der Waals surface area (Å²) in [6, 6.07) is 56.7. The molecule has 0 radical (unpaired) electrons. The highest BCUT2D eigenvalue weighted by Gasteiger charge is 2.44. The SMILES string of the molecule is CCC(Oc1ccc(C)cc1C)C(=O)Nc1cccc(-c2nc(C(C#N)C#N)sc2Cl)c1.CCC(c1ccc(C)cc1)c1cccc(-c2c(-c3ccccc3)[nH]c3c(C(=O)OC(C)(C)C)c(C(F)(F)F)c(Cl)n23)c1.CCOC(=O)C(C#N)c1nc(-c2ccc(OS(=O)NCCCOc3ccc(C)cc3C)cc2)c(Cl)s1. The molecular weight excluding hydrogens is 1530 g/mol. The Kier molecular flexibility index (Phi) is 28.8. The number of nitriles is 3. The lowest BCUT2D eigenvalue weighted by Gasteiger charge is -2.20. The van der Waals surface area contributed by atoms with Crippen LogP contribution < -0.4 is 23.7 Å². The highest BCUT2D eigenvalue weighted by Crippen LogP contribution is 2.47. The van der Waals surface area contributed by atoms with Crippen LogP contribution in [-0.2, 0) is 36.5 Å². The maximum Gasteiger partial charge on any atom is 0.420 e. The highest BCUT2D eigenvalue weighted by molar-refractivity contribution is 7.78.